The minimum absolute atomic E-state index is 0.121. The summed E-state index contributed by atoms with van der Waals surface area (Å²) in [6.45, 7) is 0.121. The highest BCUT2D eigenvalue weighted by molar-refractivity contribution is 14.1. The maximum Gasteiger partial charge on any atom is 0.251 e. The molecule has 56 valence electrons. The molecular weight excluding hydrogens is 255 g/mol. The zero-order valence-electron chi connectivity index (χ0n) is 5.62. The second kappa shape index (κ2) is 3.53. The number of aromatic nitrogens is 1. The predicted octanol–water partition coefficient (Wildman–Crippen LogP) is 0.976. The maximum absolute atomic E-state index is 11.0. The molecule has 0 spiro atoms. The van der Waals surface area contributed by atoms with Crippen LogP contribution in [0.2, 0.25) is 0 Å². The van der Waals surface area contributed by atoms with Crippen LogP contribution < -0.4 is 5.56 Å². The zero-order chi connectivity index (χ0) is 8.27. The zero-order valence-corrected chi connectivity index (χ0v) is 7.78. The van der Waals surface area contributed by atoms with Gasteiger partial charge in [-0.1, -0.05) is 0 Å². The van der Waals surface area contributed by atoms with Gasteiger partial charge in [-0.2, -0.15) is 5.26 Å². The Balaban J connectivity index is 3.15. The smallest absolute Gasteiger partial charge is 0.251 e. The van der Waals surface area contributed by atoms with Crippen molar-refractivity contribution in [1.29, 1.82) is 5.26 Å². The third kappa shape index (κ3) is 2.05. The van der Waals surface area contributed by atoms with E-state index in [1.54, 1.807) is 12.3 Å². The van der Waals surface area contributed by atoms with E-state index in [9.17, 15) is 4.79 Å². The summed E-state index contributed by atoms with van der Waals surface area (Å²) >= 11 is 2.09. The SMILES string of the molecule is N#CCn1cc(I)ccc1=O. The molecule has 0 aliphatic carbocycles. The Morgan fingerprint density at radius 1 is 1.64 bits per heavy atom. The van der Waals surface area contributed by atoms with Crippen LogP contribution in [-0.2, 0) is 6.54 Å². The Morgan fingerprint density at radius 2 is 2.36 bits per heavy atom. The van der Waals surface area contributed by atoms with E-state index in [0.717, 1.165) is 3.57 Å². The van der Waals surface area contributed by atoms with Crippen LogP contribution in [0.5, 0.6) is 0 Å². The van der Waals surface area contributed by atoms with Gasteiger partial charge in [0.25, 0.3) is 5.56 Å². The van der Waals surface area contributed by atoms with Crippen molar-refractivity contribution in [3.05, 3.63) is 32.3 Å². The van der Waals surface area contributed by atoms with Gasteiger partial charge in [0.05, 0.1) is 6.07 Å². The first-order valence-electron chi connectivity index (χ1n) is 2.97. The van der Waals surface area contributed by atoms with E-state index < -0.39 is 0 Å². The van der Waals surface area contributed by atoms with E-state index in [2.05, 4.69) is 22.6 Å². The van der Waals surface area contributed by atoms with Crippen LogP contribution in [0, 0.1) is 14.9 Å². The van der Waals surface area contributed by atoms with Crippen LogP contribution >= 0.6 is 22.6 Å². The first-order valence-corrected chi connectivity index (χ1v) is 4.05. The van der Waals surface area contributed by atoms with Crippen molar-refractivity contribution in [2.45, 2.75) is 6.54 Å². The van der Waals surface area contributed by atoms with Gasteiger partial charge in [0.15, 0.2) is 0 Å². The average molecular weight is 260 g/mol. The number of hydrogen-bond acceptors (Lipinski definition) is 2. The molecule has 0 bridgehead atoms. The van der Waals surface area contributed by atoms with Gasteiger partial charge in [0.1, 0.15) is 6.54 Å². The molecule has 1 aromatic rings. The van der Waals surface area contributed by atoms with Crippen molar-refractivity contribution in [3.63, 3.8) is 0 Å². The minimum Gasteiger partial charge on any atom is -0.301 e. The number of nitriles is 1. The van der Waals surface area contributed by atoms with Gasteiger partial charge in [-0.3, -0.25) is 4.79 Å². The van der Waals surface area contributed by atoms with Gasteiger partial charge < -0.3 is 4.57 Å². The Kier molecular flexibility index (Phi) is 2.65. The molecule has 0 aliphatic heterocycles. The number of nitrogens with zero attached hydrogens (tertiary/aromatic N) is 2. The summed E-state index contributed by atoms with van der Waals surface area (Å²) in [7, 11) is 0. The molecule has 0 aromatic carbocycles. The lowest BCUT2D eigenvalue weighted by Gasteiger charge is -1.97. The minimum atomic E-state index is -0.132. The first kappa shape index (κ1) is 8.27. The lowest BCUT2D eigenvalue weighted by Crippen LogP contribution is -2.17. The number of hydrogen-bond donors (Lipinski definition) is 0. The normalized spacial score (nSPS) is 9.09. The van der Waals surface area contributed by atoms with Crippen molar-refractivity contribution in [1.82, 2.24) is 4.57 Å². The number of halogens is 1. The summed E-state index contributed by atoms with van der Waals surface area (Å²) in [6.07, 6.45) is 1.66. The van der Waals surface area contributed by atoms with Gasteiger partial charge in [0, 0.05) is 15.8 Å². The fourth-order valence-electron chi connectivity index (χ4n) is 0.702. The monoisotopic (exact) mass is 260 g/mol. The van der Waals surface area contributed by atoms with Crippen molar-refractivity contribution in [3.8, 4) is 6.07 Å². The molecule has 0 fully saturated rings. The van der Waals surface area contributed by atoms with Crippen LogP contribution in [0.15, 0.2) is 23.1 Å². The second-order valence-corrected chi connectivity index (χ2v) is 3.22. The van der Waals surface area contributed by atoms with E-state index in [4.69, 9.17) is 5.26 Å². The van der Waals surface area contributed by atoms with E-state index >= 15 is 0 Å². The lowest BCUT2D eigenvalue weighted by atomic mass is 10.5. The fraction of sp³-hybridized carbons (Fsp3) is 0.143. The van der Waals surface area contributed by atoms with Gasteiger partial charge in [-0.15, -0.1) is 0 Å². The Hall–Kier alpha value is -0.830. The summed E-state index contributed by atoms with van der Waals surface area (Å²) in [4.78, 5) is 11.0. The molecule has 1 aromatic heterocycles. The third-order valence-electron chi connectivity index (χ3n) is 1.19. The molecule has 0 saturated heterocycles. The summed E-state index contributed by atoms with van der Waals surface area (Å²) < 4.78 is 2.33. The second-order valence-electron chi connectivity index (χ2n) is 1.97. The van der Waals surface area contributed by atoms with Gasteiger partial charge in [0.2, 0.25) is 0 Å². The Labute approximate surface area is 77.4 Å². The average Bonchev–Trinajstić information content (AvgIpc) is 1.98. The molecule has 0 saturated carbocycles. The van der Waals surface area contributed by atoms with Crippen LogP contribution in [-0.4, -0.2) is 4.57 Å². The molecule has 11 heavy (non-hydrogen) atoms. The molecule has 4 heteroatoms. The van der Waals surface area contributed by atoms with E-state index in [1.807, 2.05) is 6.07 Å². The molecule has 0 N–H and O–H groups in total. The van der Waals surface area contributed by atoms with Crippen molar-refractivity contribution in [2.24, 2.45) is 0 Å². The Bertz CT molecular complexity index is 350. The van der Waals surface area contributed by atoms with Crippen molar-refractivity contribution >= 4 is 22.6 Å². The van der Waals surface area contributed by atoms with E-state index in [1.165, 1.54) is 10.6 Å². The maximum atomic E-state index is 11.0. The summed E-state index contributed by atoms with van der Waals surface area (Å²) in [5, 5.41) is 8.32. The highest BCUT2D eigenvalue weighted by atomic mass is 127. The third-order valence-corrected chi connectivity index (χ3v) is 1.83. The topological polar surface area (TPSA) is 45.8 Å². The summed E-state index contributed by atoms with van der Waals surface area (Å²) in [6, 6.07) is 5.09. The highest BCUT2D eigenvalue weighted by Crippen LogP contribution is 1.98. The van der Waals surface area contributed by atoms with Gasteiger partial charge in [-0.05, 0) is 28.7 Å². The molecule has 1 rings (SSSR count). The van der Waals surface area contributed by atoms with E-state index in [-0.39, 0.29) is 12.1 Å². The standard InChI is InChI=1S/C7H5IN2O/c8-6-1-2-7(11)10(5-6)4-3-9/h1-2,5H,4H2. The number of rotatable bonds is 1. The highest BCUT2D eigenvalue weighted by Gasteiger charge is 1.93. The van der Waals surface area contributed by atoms with E-state index in [0.29, 0.717) is 0 Å². The van der Waals surface area contributed by atoms with Crippen molar-refractivity contribution < 1.29 is 0 Å². The molecular formula is C7H5IN2O. The molecule has 0 radical (unpaired) electrons. The van der Waals surface area contributed by atoms with Crippen molar-refractivity contribution in [2.75, 3.05) is 0 Å². The van der Waals surface area contributed by atoms with Gasteiger partial charge >= 0.3 is 0 Å². The van der Waals surface area contributed by atoms with Crippen LogP contribution in [0.25, 0.3) is 0 Å². The molecule has 0 unspecified atom stereocenters. The first-order chi connectivity index (χ1) is 5.24. The van der Waals surface area contributed by atoms with Gasteiger partial charge in [-0.25, -0.2) is 0 Å². The number of pyridine rings is 1. The predicted molar refractivity (Wildman–Crippen MR) is 49.0 cm³/mol. The fourth-order valence-corrected chi connectivity index (χ4v) is 1.22. The molecule has 0 amide bonds. The Morgan fingerprint density at radius 3 is 3.00 bits per heavy atom. The molecule has 1 heterocycles. The molecule has 3 nitrogen and oxygen atoms in total. The van der Waals surface area contributed by atoms with Crippen LogP contribution in [0.1, 0.15) is 0 Å². The summed E-state index contributed by atoms with van der Waals surface area (Å²) in [5.41, 5.74) is -0.132. The lowest BCUT2D eigenvalue weighted by molar-refractivity contribution is 0.784. The molecule has 0 aliphatic rings. The van der Waals surface area contributed by atoms with Crippen LogP contribution in [0.4, 0.5) is 0 Å². The molecule has 0 atom stereocenters. The summed E-state index contributed by atoms with van der Waals surface area (Å²) in [5.74, 6) is 0. The van der Waals surface area contributed by atoms with Crippen LogP contribution in [0.3, 0.4) is 0 Å². The quantitative estimate of drug-likeness (QED) is 0.706. The largest absolute Gasteiger partial charge is 0.301 e.